The van der Waals surface area contributed by atoms with Crippen LogP contribution < -0.4 is 0 Å². The predicted octanol–water partition coefficient (Wildman–Crippen LogP) is 8.76. The lowest BCUT2D eigenvalue weighted by atomic mass is 9.82. The topological polar surface area (TPSA) is 0 Å². The van der Waals surface area contributed by atoms with Crippen molar-refractivity contribution in [3.63, 3.8) is 0 Å². The molecule has 0 nitrogen and oxygen atoms in total. The molecule has 0 aromatic heterocycles. The van der Waals surface area contributed by atoms with E-state index in [4.69, 9.17) is 0 Å². The normalized spacial score (nSPS) is 11.3. The molecule has 0 aliphatic rings. The zero-order chi connectivity index (χ0) is 21.1. The highest BCUT2D eigenvalue weighted by Crippen LogP contribution is 2.26. The minimum atomic E-state index is 0.269. The monoisotopic (exact) mass is 366 g/mol. The number of hydrogen-bond acceptors (Lipinski definition) is 0. The number of hydrogen-bond donors (Lipinski definition) is 0. The lowest BCUT2D eigenvalue weighted by molar-refractivity contribution is 0.506. The van der Waals surface area contributed by atoms with E-state index in [1.165, 1.54) is 28.7 Å². The second kappa shape index (κ2) is 11.8. The maximum absolute atomic E-state index is 2.29. The first-order chi connectivity index (χ1) is 12.5. The van der Waals surface area contributed by atoms with Crippen molar-refractivity contribution in [2.75, 3.05) is 0 Å². The van der Waals surface area contributed by atoms with Crippen molar-refractivity contribution in [1.82, 2.24) is 0 Å². The molecule has 0 unspecified atom stereocenters. The summed E-state index contributed by atoms with van der Waals surface area (Å²) in [4.78, 5) is 0. The Morgan fingerprint density at radius 1 is 0.704 bits per heavy atom. The molecule has 0 bridgehead atoms. The van der Waals surface area contributed by atoms with E-state index >= 15 is 0 Å². The van der Waals surface area contributed by atoms with E-state index < -0.39 is 0 Å². The van der Waals surface area contributed by atoms with Gasteiger partial charge in [-0.2, -0.15) is 0 Å². The molecule has 0 fully saturated rings. The van der Waals surface area contributed by atoms with Crippen LogP contribution in [0.4, 0.5) is 0 Å². The summed E-state index contributed by atoms with van der Waals surface area (Å²) in [7, 11) is 0. The average molecular weight is 367 g/mol. The van der Waals surface area contributed by atoms with Gasteiger partial charge in [-0.1, -0.05) is 127 Å². The predicted molar refractivity (Wildman–Crippen MR) is 126 cm³/mol. The summed E-state index contributed by atoms with van der Waals surface area (Å²) in [5.74, 6) is 0. The van der Waals surface area contributed by atoms with Gasteiger partial charge in [-0.15, -0.1) is 0 Å². The van der Waals surface area contributed by atoms with Crippen molar-refractivity contribution < 1.29 is 0 Å². The van der Waals surface area contributed by atoms with Gasteiger partial charge in [0.25, 0.3) is 0 Å². The Hall–Kier alpha value is -1.82. The maximum atomic E-state index is 2.29. The molecule has 2 rings (SSSR count). The molecule has 0 N–H and O–H groups in total. The van der Waals surface area contributed by atoms with Crippen molar-refractivity contribution in [2.24, 2.45) is 5.41 Å². The lowest BCUT2D eigenvalue weighted by Crippen LogP contribution is -2.14. The molecule has 0 heterocycles. The standard InChI is InChI=1S/C13H18.C12H18.C2H6/c1-11-5-7-12(8-6-11)9-10-13(2,3)4;1-5-12(3,4)11-8-6-10(2)7-9-11;1-2/h5-10H,1-4H3;6-9H,5H2,1-4H3;1-2H3/b10-9+;;. The smallest absolute Gasteiger partial charge is 0.0106 e. The lowest BCUT2D eigenvalue weighted by Gasteiger charge is -2.23. The third-order valence-corrected chi connectivity index (χ3v) is 4.57. The van der Waals surface area contributed by atoms with Crippen LogP contribution in [-0.2, 0) is 5.41 Å². The number of allylic oxidation sites excluding steroid dienone is 1. The van der Waals surface area contributed by atoms with Crippen LogP contribution >= 0.6 is 0 Å². The summed E-state index contributed by atoms with van der Waals surface area (Å²) in [6.07, 6.45) is 5.60. The highest BCUT2D eigenvalue weighted by Gasteiger charge is 2.16. The molecule has 0 aliphatic heterocycles. The Labute approximate surface area is 169 Å². The van der Waals surface area contributed by atoms with Crippen LogP contribution in [0.5, 0.6) is 0 Å². The number of benzene rings is 2. The third-order valence-electron chi connectivity index (χ3n) is 4.57. The fourth-order valence-electron chi connectivity index (χ4n) is 2.23. The van der Waals surface area contributed by atoms with Crippen LogP contribution in [0.15, 0.2) is 54.6 Å². The molecular formula is C27H42. The number of aryl methyl sites for hydroxylation is 2. The molecule has 2 aromatic carbocycles. The van der Waals surface area contributed by atoms with Crippen molar-refractivity contribution in [3.05, 3.63) is 76.9 Å². The van der Waals surface area contributed by atoms with E-state index in [1.807, 2.05) is 13.8 Å². The van der Waals surface area contributed by atoms with Gasteiger partial charge in [0.05, 0.1) is 0 Å². The Kier molecular flexibility index (Phi) is 11.0. The van der Waals surface area contributed by atoms with Gasteiger partial charge >= 0.3 is 0 Å². The Morgan fingerprint density at radius 3 is 1.48 bits per heavy atom. The van der Waals surface area contributed by atoms with Gasteiger partial charge in [0.1, 0.15) is 0 Å². The zero-order valence-corrected chi connectivity index (χ0v) is 19.5. The summed E-state index contributed by atoms with van der Waals surface area (Å²) in [5, 5.41) is 0. The van der Waals surface area contributed by atoms with E-state index in [0.717, 1.165) is 0 Å². The molecule has 0 atom stereocenters. The minimum Gasteiger partial charge on any atom is -0.0785 e. The summed E-state index contributed by atoms with van der Waals surface area (Å²) in [6.45, 7) is 21.7. The Balaban J connectivity index is 0.000000460. The van der Waals surface area contributed by atoms with E-state index in [0.29, 0.717) is 5.41 Å². The molecule has 0 saturated carbocycles. The summed E-state index contributed by atoms with van der Waals surface area (Å²) >= 11 is 0. The zero-order valence-electron chi connectivity index (χ0n) is 19.5. The second-order valence-corrected chi connectivity index (χ2v) is 8.71. The van der Waals surface area contributed by atoms with E-state index in [-0.39, 0.29) is 5.41 Å². The van der Waals surface area contributed by atoms with Crippen molar-refractivity contribution in [3.8, 4) is 0 Å². The van der Waals surface area contributed by atoms with Crippen LogP contribution in [-0.4, -0.2) is 0 Å². The highest BCUT2D eigenvalue weighted by atomic mass is 14.2. The summed E-state index contributed by atoms with van der Waals surface area (Å²) < 4.78 is 0. The van der Waals surface area contributed by atoms with E-state index in [1.54, 1.807) is 0 Å². The first-order valence-electron chi connectivity index (χ1n) is 10.4. The molecule has 0 spiro atoms. The molecule has 27 heavy (non-hydrogen) atoms. The minimum absolute atomic E-state index is 0.269. The fourth-order valence-corrected chi connectivity index (χ4v) is 2.23. The van der Waals surface area contributed by atoms with Crippen LogP contribution in [0, 0.1) is 19.3 Å². The third kappa shape index (κ3) is 10.8. The molecule has 0 heteroatoms. The molecule has 0 saturated heterocycles. The Bertz CT molecular complexity index is 647. The van der Waals surface area contributed by atoms with Crippen LogP contribution in [0.3, 0.4) is 0 Å². The van der Waals surface area contributed by atoms with Gasteiger partial charge in [0.2, 0.25) is 0 Å². The summed E-state index contributed by atoms with van der Waals surface area (Å²) in [6, 6.07) is 17.4. The van der Waals surface area contributed by atoms with Gasteiger partial charge < -0.3 is 0 Å². The van der Waals surface area contributed by atoms with Gasteiger partial charge in [0.15, 0.2) is 0 Å². The molecule has 0 aliphatic carbocycles. The Morgan fingerprint density at radius 2 is 1.11 bits per heavy atom. The van der Waals surface area contributed by atoms with E-state index in [2.05, 4.69) is 116 Å². The van der Waals surface area contributed by atoms with Crippen molar-refractivity contribution in [1.29, 1.82) is 0 Å². The van der Waals surface area contributed by atoms with Crippen LogP contribution in [0.2, 0.25) is 0 Å². The second-order valence-electron chi connectivity index (χ2n) is 8.71. The first kappa shape index (κ1) is 25.2. The maximum Gasteiger partial charge on any atom is -0.0106 e. The largest absolute Gasteiger partial charge is 0.0785 e. The molecule has 150 valence electrons. The van der Waals surface area contributed by atoms with Crippen molar-refractivity contribution >= 4 is 6.08 Å². The van der Waals surface area contributed by atoms with E-state index in [9.17, 15) is 0 Å². The number of rotatable bonds is 3. The quantitative estimate of drug-likeness (QED) is 0.509. The van der Waals surface area contributed by atoms with Gasteiger partial charge in [-0.3, -0.25) is 0 Å². The van der Waals surface area contributed by atoms with Crippen LogP contribution in [0.25, 0.3) is 6.08 Å². The first-order valence-corrected chi connectivity index (χ1v) is 10.4. The SMILES string of the molecule is CC.CCC(C)(C)c1ccc(C)cc1.Cc1ccc(/C=C/C(C)(C)C)cc1. The summed E-state index contributed by atoms with van der Waals surface area (Å²) in [5.41, 5.74) is 5.97. The highest BCUT2D eigenvalue weighted by molar-refractivity contribution is 5.50. The molecule has 2 aromatic rings. The molecule has 0 radical (unpaired) electrons. The van der Waals surface area contributed by atoms with Crippen molar-refractivity contribution in [2.45, 2.75) is 81.1 Å². The molecule has 0 amide bonds. The average Bonchev–Trinajstić information content (AvgIpc) is 2.63. The fraction of sp³-hybridized carbons (Fsp3) is 0.481. The van der Waals surface area contributed by atoms with Gasteiger partial charge in [0, 0.05) is 0 Å². The van der Waals surface area contributed by atoms with Crippen LogP contribution in [0.1, 0.15) is 84.1 Å². The van der Waals surface area contributed by atoms with Gasteiger partial charge in [-0.25, -0.2) is 0 Å². The molecular weight excluding hydrogens is 324 g/mol. The van der Waals surface area contributed by atoms with Gasteiger partial charge in [-0.05, 0) is 42.2 Å².